The number of nitrogens with one attached hydrogen (secondary N) is 2. The number of pyridine rings is 1. The lowest BCUT2D eigenvalue weighted by Crippen LogP contribution is -2.25. The summed E-state index contributed by atoms with van der Waals surface area (Å²) < 4.78 is 6.26. The van der Waals surface area contributed by atoms with Gasteiger partial charge in [0.05, 0.1) is 6.61 Å². The minimum absolute atomic E-state index is 0.143. The molecule has 1 aromatic carbocycles. The molecule has 1 aliphatic heterocycles. The second-order valence-corrected chi connectivity index (χ2v) is 6.58. The van der Waals surface area contributed by atoms with E-state index < -0.39 is 0 Å². The monoisotopic (exact) mass is 345 g/mol. The molecule has 4 rings (SSSR count). The third kappa shape index (κ3) is 3.70. The molecule has 0 spiro atoms. The quantitative estimate of drug-likeness (QED) is 0.822. The molecule has 2 N–H and O–H groups in total. The molecule has 0 saturated heterocycles. The molecule has 2 heterocycles. The number of aryl methyl sites for hydroxylation is 1. The molecule has 1 atom stereocenters. The Balaban J connectivity index is 1.58. The number of hydrogen-bond donors (Lipinski definition) is 2. The van der Waals surface area contributed by atoms with Crippen LogP contribution in [0.5, 0.6) is 0 Å². The van der Waals surface area contributed by atoms with Crippen molar-refractivity contribution in [1.82, 2.24) is 10.3 Å². The maximum absolute atomic E-state index is 6.26. The van der Waals surface area contributed by atoms with E-state index in [2.05, 4.69) is 59.0 Å². The van der Waals surface area contributed by atoms with Crippen LogP contribution >= 0.6 is 0 Å². The van der Waals surface area contributed by atoms with Crippen LogP contribution in [0.4, 0.5) is 5.82 Å². The first-order chi connectivity index (χ1) is 12.8. The molecule has 132 valence electrons. The lowest BCUT2D eigenvalue weighted by Gasteiger charge is -2.27. The van der Waals surface area contributed by atoms with Gasteiger partial charge in [0.2, 0.25) is 0 Å². The zero-order valence-electron chi connectivity index (χ0n) is 14.9. The van der Waals surface area contributed by atoms with Gasteiger partial charge in [-0.1, -0.05) is 42.5 Å². The molecule has 2 aromatic rings. The molecule has 0 fully saturated rings. The number of hydrogen-bond acceptors (Lipinski definition) is 4. The minimum atomic E-state index is -0.143. The summed E-state index contributed by atoms with van der Waals surface area (Å²) in [5, 5.41) is 6.85. The van der Waals surface area contributed by atoms with Crippen LogP contribution in [0, 0.1) is 6.92 Å². The Bertz CT molecular complexity index is 868. The molecular weight excluding hydrogens is 322 g/mol. The summed E-state index contributed by atoms with van der Waals surface area (Å²) in [4.78, 5) is 4.52. The first kappa shape index (κ1) is 16.6. The largest absolute Gasteiger partial charge is 0.364 e. The van der Waals surface area contributed by atoms with Gasteiger partial charge in [-0.15, -0.1) is 0 Å². The van der Waals surface area contributed by atoms with Crippen molar-refractivity contribution in [3.63, 3.8) is 0 Å². The molecule has 0 amide bonds. The highest BCUT2D eigenvalue weighted by molar-refractivity contribution is 5.57. The summed E-state index contributed by atoms with van der Waals surface area (Å²) in [5.74, 6) is 1.76. The van der Waals surface area contributed by atoms with E-state index in [-0.39, 0.29) is 6.10 Å². The number of benzene rings is 1. The Morgan fingerprint density at radius 1 is 1.19 bits per heavy atom. The number of nitrogens with zero attached hydrogens (tertiary/aromatic N) is 1. The summed E-state index contributed by atoms with van der Waals surface area (Å²) in [6.45, 7) is 2.66. The van der Waals surface area contributed by atoms with E-state index in [0.29, 0.717) is 6.61 Å². The Morgan fingerprint density at radius 2 is 2.08 bits per heavy atom. The van der Waals surface area contributed by atoms with E-state index in [1.54, 1.807) is 0 Å². The van der Waals surface area contributed by atoms with Gasteiger partial charge < -0.3 is 15.4 Å². The maximum atomic E-state index is 6.26. The number of anilines is 1. The molecule has 1 unspecified atom stereocenters. The lowest BCUT2D eigenvalue weighted by molar-refractivity contribution is 0.0701. The van der Waals surface area contributed by atoms with E-state index >= 15 is 0 Å². The van der Waals surface area contributed by atoms with E-state index in [1.807, 2.05) is 30.5 Å². The predicted octanol–water partition coefficient (Wildman–Crippen LogP) is 4.74. The van der Waals surface area contributed by atoms with Crippen molar-refractivity contribution in [2.45, 2.75) is 32.5 Å². The molecule has 0 radical (unpaired) electrons. The summed E-state index contributed by atoms with van der Waals surface area (Å²) >= 11 is 0. The van der Waals surface area contributed by atoms with Gasteiger partial charge in [-0.2, -0.15) is 0 Å². The van der Waals surface area contributed by atoms with Gasteiger partial charge in [-0.05, 0) is 49.1 Å². The van der Waals surface area contributed by atoms with E-state index in [4.69, 9.17) is 4.74 Å². The third-order valence-electron chi connectivity index (χ3n) is 4.61. The standard InChI is InChI=1S/C22H23N3O/c1-16-12-13-23-22-21(16)19(26-15-17-8-4-2-5-9-17)14-20(25-22)24-18-10-6-3-7-11-18/h2,4-6,8-14,19,24H,3,7,15H2,1H3,(H,23,25). The SMILES string of the molecule is Cc1ccnc2c1C(OCc1ccccc1)C=C(NC1=CCCC=C1)N2. The van der Waals surface area contributed by atoms with Crippen LogP contribution < -0.4 is 10.6 Å². The molecule has 0 saturated carbocycles. The van der Waals surface area contributed by atoms with Crippen LogP contribution in [0.15, 0.2) is 78.4 Å². The summed E-state index contributed by atoms with van der Waals surface area (Å²) in [5.41, 5.74) is 4.54. The van der Waals surface area contributed by atoms with Crippen LogP contribution in [0.2, 0.25) is 0 Å². The zero-order valence-corrected chi connectivity index (χ0v) is 14.9. The zero-order chi connectivity index (χ0) is 17.8. The van der Waals surface area contributed by atoms with E-state index in [9.17, 15) is 0 Å². The van der Waals surface area contributed by atoms with Gasteiger partial charge in [0.1, 0.15) is 17.7 Å². The van der Waals surface area contributed by atoms with Crippen molar-refractivity contribution < 1.29 is 4.74 Å². The van der Waals surface area contributed by atoms with E-state index in [0.717, 1.165) is 41.3 Å². The van der Waals surface area contributed by atoms with Gasteiger partial charge in [-0.3, -0.25) is 0 Å². The van der Waals surface area contributed by atoms with E-state index in [1.165, 1.54) is 5.56 Å². The predicted molar refractivity (Wildman–Crippen MR) is 104 cm³/mol. The highest BCUT2D eigenvalue weighted by Crippen LogP contribution is 2.34. The second-order valence-electron chi connectivity index (χ2n) is 6.58. The fraction of sp³-hybridized carbons (Fsp3) is 0.227. The molecule has 26 heavy (non-hydrogen) atoms. The molecule has 2 aliphatic rings. The third-order valence-corrected chi connectivity index (χ3v) is 4.61. The van der Waals surface area contributed by atoms with Gasteiger partial charge in [0, 0.05) is 17.5 Å². The molecule has 1 aliphatic carbocycles. The lowest BCUT2D eigenvalue weighted by atomic mass is 10.0. The topological polar surface area (TPSA) is 46.2 Å². The Hall–Kier alpha value is -2.85. The van der Waals surface area contributed by atoms with Crippen molar-refractivity contribution >= 4 is 5.82 Å². The first-order valence-electron chi connectivity index (χ1n) is 9.03. The number of fused-ring (bicyclic) bond motifs is 1. The summed E-state index contributed by atoms with van der Waals surface area (Å²) in [7, 11) is 0. The number of rotatable bonds is 5. The summed E-state index contributed by atoms with van der Waals surface area (Å²) in [6, 6.07) is 12.3. The fourth-order valence-electron chi connectivity index (χ4n) is 3.26. The van der Waals surface area contributed by atoms with Gasteiger partial charge in [-0.25, -0.2) is 4.98 Å². The second kappa shape index (κ2) is 7.58. The van der Waals surface area contributed by atoms with Crippen molar-refractivity contribution in [2.75, 3.05) is 5.32 Å². The molecule has 4 nitrogen and oxygen atoms in total. The van der Waals surface area contributed by atoms with Crippen molar-refractivity contribution in [3.8, 4) is 0 Å². The Kier molecular flexibility index (Phi) is 4.84. The average Bonchev–Trinajstić information content (AvgIpc) is 2.68. The Labute approximate surface area is 154 Å². The normalized spacial score (nSPS) is 18.4. The van der Waals surface area contributed by atoms with Crippen LogP contribution in [0.3, 0.4) is 0 Å². The minimum Gasteiger partial charge on any atom is -0.364 e. The maximum Gasteiger partial charge on any atom is 0.137 e. The van der Waals surface area contributed by atoms with Crippen LogP contribution in [0.1, 0.15) is 35.6 Å². The van der Waals surface area contributed by atoms with Crippen LogP contribution in [-0.2, 0) is 11.3 Å². The fourth-order valence-corrected chi connectivity index (χ4v) is 3.26. The van der Waals surface area contributed by atoms with Crippen LogP contribution in [0.25, 0.3) is 0 Å². The highest BCUT2D eigenvalue weighted by atomic mass is 16.5. The van der Waals surface area contributed by atoms with Crippen molar-refractivity contribution in [1.29, 1.82) is 0 Å². The number of ether oxygens (including phenoxy) is 1. The number of allylic oxidation sites excluding steroid dienone is 3. The average molecular weight is 345 g/mol. The van der Waals surface area contributed by atoms with Gasteiger partial charge in [0.25, 0.3) is 0 Å². The number of aromatic nitrogens is 1. The molecular formula is C22H23N3O. The summed E-state index contributed by atoms with van der Waals surface area (Å²) in [6.07, 6.45) is 12.5. The molecule has 1 aromatic heterocycles. The molecule has 0 bridgehead atoms. The van der Waals surface area contributed by atoms with Crippen molar-refractivity contribution in [2.24, 2.45) is 0 Å². The van der Waals surface area contributed by atoms with Gasteiger partial charge in [0.15, 0.2) is 0 Å². The van der Waals surface area contributed by atoms with Crippen molar-refractivity contribution in [3.05, 3.63) is 95.1 Å². The van der Waals surface area contributed by atoms with Gasteiger partial charge >= 0.3 is 0 Å². The van der Waals surface area contributed by atoms with Crippen LogP contribution in [-0.4, -0.2) is 4.98 Å². The Morgan fingerprint density at radius 3 is 2.88 bits per heavy atom. The first-order valence-corrected chi connectivity index (χ1v) is 9.03. The smallest absolute Gasteiger partial charge is 0.137 e. The molecule has 4 heteroatoms. The highest BCUT2D eigenvalue weighted by Gasteiger charge is 2.24.